The van der Waals surface area contributed by atoms with Gasteiger partial charge in [0.15, 0.2) is 0 Å². The van der Waals surface area contributed by atoms with Crippen LogP contribution in [0.15, 0.2) is 0 Å². The standard InChI is InChI=1S/3H3O4P.2Tm/c3*1-5(2,3)4;;/h3*(H3,1,2,3,4);;/q;;;2*+3/p-6. The molecule has 0 unspecified atom stereocenters. The first kappa shape index (κ1) is 31.9. The summed E-state index contributed by atoms with van der Waals surface area (Å²) in [4.78, 5) is 72.9. The van der Waals surface area contributed by atoms with Gasteiger partial charge in [-0.05, 0) is 0 Å². The van der Waals surface area contributed by atoms with E-state index in [-0.39, 0.29) is 73.7 Å². The van der Waals surface area contributed by atoms with E-state index in [4.69, 9.17) is 57.7 Å². The molecule has 12 nitrogen and oxygen atoms in total. The van der Waals surface area contributed by atoms with Gasteiger partial charge >= 0.3 is 73.7 Å². The van der Waals surface area contributed by atoms with Gasteiger partial charge in [-0.2, -0.15) is 0 Å². The van der Waals surface area contributed by atoms with Crippen molar-refractivity contribution in [2.45, 2.75) is 0 Å². The van der Waals surface area contributed by atoms with Gasteiger partial charge in [0.1, 0.15) is 0 Å². The van der Waals surface area contributed by atoms with Gasteiger partial charge in [0.05, 0.1) is 23.5 Å². The summed E-state index contributed by atoms with van der Waals surface area (Å²) in [5, 5.41) is 0. The number of phosphoric acid groups is 3. The summed E-state index contributed by atoms with van der Waals surface area (Å²) in [6, 6.07) is 0. The van der Waals surface area contributed by atoms with Gasteiger partial charge in [0.25, 0.3) is 0 Å². The van der Waals surface area contributed by atoms with Gasteiger partial charge in [-0.3, -0.25) is 0 Å². The molecule has 0 aromatic carbocycles. The molecule has 0 aliphatic rings. The van der Waals surface area contributed by atoms with Gasteiger partial charge in [-0.15, -0.1) is 0 Å². The van der Waals surface area contributed by atoms with E-state index in [1.165, 1.54) is 0 Å². The number of rotatable bonds is 0. The van der Waals surface area contributed by atoms with Crippen LogP contribution in [0.4, 0.5) is 0 Å². The molecule has 0 saturated heterocycles. The summed E-state index contributed by atoms with van der Waals surface area (Å²) in [6.45, 7) is 0. The Balaban J connectivity index is -0.0000000400. The topological polar surface area (TPSA) is 250 Å². The predicted octanol–water partition coefficient (Wildman–Crippen LogP) is -6.58. The van der Waals surface area contributed by atoms with Gasteiger partial charge in [-0.1, -0.05) is 0 Å². The Morgan fingerprint density at radius 1 is 0.529 bits per heavy atom. The van der Waals surface area contributed by atoms with Crippen LogP contribution in [-0.2, 0) is 13.7 Å². The molecule has 0 atom stereocenters. The Bertz CT molecular complexity index is 206. The zero-order valence-corrected chi connectivity index (χ0v) is 13.2. The molecule has 0 amide bonds. The minimum Gasteiger partial charge on any atom is -0.790 e. The molecule has 17 heteroatoms. The molecule has 0 bridgehead atoms. The quantitative estimate of drug-likeness (QED) is 0.213. The molecule has 0 saturated carbocycles. The Hall–Kier alpha value is 2.80. The molecule has 0 aliphatic heterocycles. The number of hydrogen-bond acceptors (Lipinski definition) is 9. The van der Waals surface area contributed by atoms with Crippen molar-refractivity contribution in [2.24, 2.45) is 0 Å². The van der Waals surface area contributed by atoms with E-state index in [0.29, 0.717) is 0 Å². The van der Waals surface area contributed by atoms with Crippen molar-refractivity contribution in [3.8, 4) is 0 Å². The minimum absolute atomic E-state index is 0. The van der Waals surface area contributed by atoms with Gasteiger partial charge in [0.2, 0.25) is 0 Å². The van der Waals surface area contributed by atoms with E-state index in [9.17, 15) is 0 Å². The zero-order valence-electron chi connectivity index (χ0n) is 6.91. The maximum atomic E-state index is 8.66. The van der Waals surface area contributed by atoms with Crippen LogP contribution in [0.5, 0.6) is 0 Å². The van der Waals surface area contributed by atoms with Crippen LogP contribution in [0.1, 0.15) is 0 Å². The van der Waals surface area contributed by atoms with Crippen molar-refractivity contribution in [1.82, 2.24) is 0 Å². The Morgan fingerprint density at radius 3 is 0.529 bits per heavy atom. The molecule has 0 aromatic heterocycles. The molecular formula is H3O12P3Tm2. The SMILES string of the molecule is O=P([O-])([O-])O.O=P([O-])([O-])O.O=P([O-])([O-])O.[Tm+3].[Tm+3]. The van der Waals surface area contributed by atoms with Crippen LogP contribution in [0.25, 0.3) is 0 Å². The molecule has 0 rings (SSSR count). The van der Waals surface area contributed by atoms with Crippen LogP contribution < -0.4 is 29.4 Å². The van der Waals surface area contributed by atoms with E-state index < -0.39 is 23.5 Å². The van der Waals surface area contributed by atoms with Crippen molar-refractivity contribution in [3.63, 3.8) is 0 Å². The maximum absolute atomic E-state index is 8.66. The van der Waals surface area contributed by atoms with Gasteiger partial charge in [-0.25, -0.2) is 0 Å². The molecule has 0 aromatic rings. The Labute approximate surface area is 153 Å². The minimum atomic E-state index is -5.14. The summed E-state index contributed by atoms with van der Waals surface area (Å²) in [5.41, 5.74) is 0. The van der Waals surface area contributed by atoms with Crippen molar-refractivity contribution in [3.05, 3.63) is 0 Å². The first-order chi connectivity index (χ1) is 6.00. The van der Waals surface area contributed by atoms with E-state index >= 15 is 0 Å². The molecule has 3 N–H and O–H groups in total. The third-order valence-corrected chi connectivity index (χ3v) is 0. The van der Waals surface area contributed by atoms with Gasteiger partial charge in [0, 0.05) is 0 Å². The van der Waals surface area contributed by atoms with E-state index in [1.807, 2.05) is 0 Å². The van der Waals surface area contributed by atoms with Crippen LogP contribution in [-0.4, -0.2) is 14.7 Å². The van der Waals surface area contributed by atoms with Gasteiger partial charge < -0.3 is 57.7 Å². The first-order valence-corrected chi connectivity index (χ1v) is 6.73. The second-order valence-electron chi connectivity index (χ2n) is 1.41. The van der Waals surface area contributed by atoms with E-state index in [1.54, 1.807) is 0 Å². The number of hydrogen-bond donors (Lipinski definition) is 3. The van der Waals surface area contributed by atoms with Crippen molar-refractivity contribution < 1.29 is 131 Å². The van der Waals surface area contributed by atoms with Crippen LogP contribution in [0, 0.1) is 73.7 Å². The fourth-order valence-electron chi connectivity index (χ4n) is 0. The third-order valence-electron chi connectivity index (χ3n) is 0. The van der Waals surface area contributed by atoms with E-state index in [2.05, 4.69) is 0 Å². The van der Waals surface area contributed by atoms with Crippen LogP contribution in [0.3, 0.4) is 0 Å². The Kier molecular flexibility index (Phi) is 25.9. The molecule has 0 fully saturated rings. The van der Waals surface area contributed by atoms with Crippen LogP contribution >= 0.6 is 23.5 Å². The van der Waals surface area contributed by atoms with E-state index in [0.717, 1.165) is 0 Å². The molecular weight excluding hydrogens is 623 g/mol. The maximum Gasteiger partial charge on any atom is 3.00 e. The molecule has 0 heterocycles. The average Bonchev–Trinajstić information content (AvgIpc) is 1.41. The fourth-order valence-corrected chi connectivity index (χ4v) is 0. The summed E-state index contributed by atoms with van der Waals surface area (Å²) in [5.74, 6) is 0. The Morgan fingerprint density at radius 2 is 0.529 bits per heavy atom. The summed E-state index contributed by atoms with van der Waals surface area (Å²) >= 11 is 0. The average molecular weight is 626 g/mol. The molecule has 17 heavy (non-hydrogen) atoms. The molecule has 0 spiro atoms. The molecule has 0 radical (unpaired) electrons. The summed E-state index contributed by atoms with van der Waals surface area (Å²) < 4.78 is 26.0. The fraction of sp³-hybridized carbons (Fsp3) is 0. The first-order valence-electron chi connectivity index (χ1n) is 2.24. The summed E-state index contributed by atoms with van der Waals surface area (Å²) in [6.07, 6.45) is 0. The van der Waals surface area contributed by atoms with Crippen molar-refractivity contribution >= 4 is 23.5 Å². The molecule has 116 valence electrons. The zero-order chi connectivity index (χ0) is 13.5. The monoisotopic (exact) mass is 626 g/mol. The second kappa shape index (κ2) is 13.8. The largest absolute Gasteiger partial charge is 3.00 e. The predicted molar refractivity (Wildman–Crippen MR) is 29.5 cm³/mol. The van der Waals surface area contributed by atoms with Crippen molar-refractivity contribution in [2.75, 3.05) is 0 Å². The second-order valence-corrected chi connectivity index (χ2v) is 4.22. The normalized spacial score (nSPS) is 10.4. The van der Waals surface area contributed by atoms with Crippen molar-refractivity contribution in [1.29, 1.82) is 0 Å². The van der Waals surface area contributed by atoms with Crippen LogP contribution in [0.2, 0.25) is 0 Å². The molecule has 0 aliphatic carbocycles. The third kappa shape index (κ3) is 678. The smallest absolute Gasteiger partial charge is 0.790 e. The summed E-state index contributed by atoms with van der Waals surface area (Å²) in [7, 11) is -15.4.